The summed E-state index contributed by atoms with van der Waals surface area (Å²) < 4.78 is 11.6. The number of nitrogens with one attached hydrogen (secondary N) is 1. The smallest absolute Gasteiger partial charge is 0.256 e. The second-order valence-electron chi connectivity index (χ2n) is 6.50. The van der Waals surface area contributed by atoms with Gasteiger partial charge in [-0.15, -0.1) is 0 Å². The van der Waals surface area contributed by atoms with Crippen LogP contribution in [0.3, 0.4) is 0 Å². The molecular formula is C20H33NO3. The Bertz CT molecular complexity index is 476. The van der Waals surface area contributed by atoms with Gasteiger partial charge in [-0.1, -0.05) is 33.6 Å². The third-order valence-corrected chi connectivity index (χ3v) is 4.14. The molecule has 0 fully saturated rings. The Labute approximate surface area is 146 Å². The highest BCUT2D eigenvalue weighted by Crippen LogP contribution is 2.23. The van der Waals surface area contributed by atoms with Crippen LogP contribution in [-0.4, -0.2) is 24.2 Å². The molecule has 0 heterocycles. The lowest BCUT2D eigenvalue weighted by molar-refractivity contribution is -0.140. The SMILES string of the molecule is CCCCC(C)(OCCC)C(=O)Nc1ccc(OC(C)CC)cc1. The molecule has 1 amide bonds. The molecule has 0 spiro atoms. The molecule has 0 aliphatic heterocycles. The Morgan fingerprint density at radius 3 is 2.38 bits per heavy atom. The van der Waals surface area contributed by atoms with Crippen molar-refractivity contribution >= 4 is 11.6 Å². The van der Waals surface area contributed by atoms with Crippen molar-refractivity contribution in [3.63, 3.8) is 0 Å². The normalized spacial score (nSPS) is 14.7. The number of anilines is 1. The van der Waals surface area contributed by atoms with Gasteiger partial charge in [0, 0.05) is 12.3 Å². The van der Waals surface area contributed by atoms with Crippen molar-refractivity contribution in [2.24, 2.45) is 0 Å². The number of amides is 1. The molecule has 0 aliphatic rings. The fourth-order valence-electron chi connectivity index (χ4n) is 2.29. The highest BCUT2D eigenvalue weighted by atomic mass is 16.5. The van der Waals surface area contributed by atoms with E-state index in [-0.39, 0.29) is 12.0 Å². The maximum absolute atomic E-state index is 12.7. The molecule has 0 saturated carbocycles. The monoisotopic (exact) mass is 335 g/mol. The van der Waals surface area contributed by atoms with E-state index in [4.69, 9.17) is 9.47 Å². The minimum Gasteiger partial charge on any atom is -0.491 e. The Morgan fingerprint density at radius 1 is 1.17 bits per heavy atom. The Morgan fingerprint density at radius 2 is 1.83 bits per heavy atom. The summed E-state index contributed by atoms with van der Waals surface area (Å²) in [6.07, 6.45) is 4.78. The van der Waals surface area contributed by atoms with E-state index in [1.165, 1.54) is 0 Å². The number of ether oxygens (including phenoxy) is 2. The van der Waals surface area contributed by atoms with Crippen LogP contribution in [0.5, 0.6) is 5.75 Å². The molecule has 0 radical (unpaired) electrons. The molecule has 1 rings (SSSR count). The lowest BCUT2D eigenvalue weighted by atomic mass is 9.97. The van der Waals surface area contributed by atoms with E-state index in [1.54, 1.807) is 0 Å². The fraction of sp³-hybridized carbons (Fsp3) is 0.650. The molecule has 1 aromatic carbocycles. The predicted octanol–water partition coefficient (Wildman–Crippen LogP) is 5.18. The van der Waals surface area contributed by atoms with Gasteiger partial charge in [0.15, 0.2) is 0 Å². The largest absolute Gasteiger partial charge is 0.491 e. The standard InChI is InChI=1S/C20H33NO3/c1-6-9-14-20(5,23-15-7-2)19(22)21-17-10-12-18(13-11-17)24-16(4)8-3/h10-13,16H,6-9,14-15H2,1-5H3,(H,21,22). The van der Waals surface area contributed by atoms with Crippen LogP contribution in [0, 0.1) is 0 Å². The molecular weight excluding hydrogens is 302 g/mol. The van der Waals surface area contributed by atoms with E-state index >= 15 is 0 Å². The first-order chi connectivity index (χ1) is 11.4. The van der Waals surface area contributed by atoms with Crippen LogP contribution in [0.2, 0.25) is 0 Å². The van der Waals surface area contributed by atoms with Crippen LogP contribution < -0.4 is 10.1 Å². The molecule has 0 bridgehead atoms. The van der Waals surface area contributed by atoms with Crippen LogP contribution in [0.1, 0.15) is 66.7 Å². The van der Waals surface area contributed by atoms with E-state index in [1.807, 2.05) is 45.0 Å². The van der Waals surface area contributed by atoms with Gasteiger partial charge in [0.2, 0.25) is 0 Å². The topological polar surface area (TPSA) is 47.6 Å². The maximum Gasteiger partial charge on any atom is 0.256 e. The minimum atomic E-state index is -0.780. The summed E-state index contributed by atoms with van der Waals surface area (Å²) in [6, 6.07) is 7.52. The molecule has 4 heteroatoms. The summed E-state index contributed by atoms with van der Waals surface area (Å²) in [7, 11) is 0. The molecule has 0 saturated heterocycles. The number of hydrogen-bond acceptors (Lipinski definition) is 3. The summed E-state index contributed by atoms with van der Waals surface area (Å²) in [5, 5.41) is 2.98. The zero-order chi connectivity index (χ0) is 18.0. The number of unbranched alkanes of at least 4 members (excludes halogenated alkanes) is 1. The molecule has 136 valence electrons. The zero-order valence-corrected chi connectivity index (χ0v) is 15.9. The molecule has 2 unspecified atom stereocenters. The van der Waals surface area contributed by atoms with Crippen molar-refractivity contribution in [2.75, 3.05) is 11.9 Å². The van der Waals surface area contributed by atoms with E-state index in [0.29, 0.717) is 6.61 Å². The molecule has 0 aromatic heterocycles. The maximum atomic E-state index is 12.7. The van der Waals surface area contributed by atoms with Gasteiger partial charge < -0.3 is 14.8 Å². The summed E-state index contributed by atoms with van der Waals surface area (Å²) in [6.45, 7) is 10.8. The summed E-state index contributed by atoms with van der Waals surface area (Å²) in [4.78, 5) is 12.7. The Kier molecular flexibility index (Phi) is 8.83. The quantitative estimate of drug-likeness (QED) is 0.606. The first-order valence-electron chi connectivity index (χ1n) is 9.17. The number of benzene rings is 1. The second kappa shape index (κ2) is 10.3. The third kappa shape index (κ3) is 6.52. The third-order valence-electron chi connectivity index (χ3n) is 4.14. The van der Waals surface area contributed by atoms with E-state index < -0.39 is 5.60 Å². The van der Waals surface area contributed by atoms with Gasteiger partial charge in [0.1, 0.15) is 11.4 Å². The summed E-state index contributed by atoms with van der Waals surface area (Å²) in [5.74, 6) is 0.735. The summed E-state index contributed by atoms with van der Waals surface area (Å²) in [5.41, 5.74) is -0.0166. The highest BCUT2D eigenvalue weighted by Gasteiger charge is 2.33. The van der Waals surface area contributed by atoms with E-state index in [2.05, 4.69) is 19.2 Å². The van der Waals surface area contributed by atoms with Crippen LogP contribution in [0.15, 0.2) is 24.3 Å². The molecule has 2 atom stereocenters. The lowest BCUT2D eigenvalue weighted by Crippen LogP contribution is -2.43. The highest BCUT2D eigenvalue weighted by molar-refractivity contribution is 5.97. The lowest BCUT2D eigenvalue weighted by Gasteiger charge is -2.28. The first kappa shape index (κ1) is 20.5. The number of carbonyl (C=O) groups excluding carboxylic acids is 1. The average Bonchev–Trinajstić information content (AvgIpc) is 2.59. The van der Waals surface area contributed by atoms with Gasteiger partial charge in [-0.05, 0) is 57.4 Å². The van der Waals surface area contributed by atoms with Crippen LogP contribution in [0.4, 0.5) is 5.69 Å². The Hall–Kier alpha value is -1.55. The fourth-order valence-corrected chi connectivity index (χ4v) is 2.29. The molecule has 4 nitrogen and oxygen atoms in total. The second-order valence-corrected chi connectivity index (χ2v) is 6.50. The zero-order valence-electron chi connectivity index (χ0n) is 15.9. The van der Waals surface area contributed by atoms with Gasteiger partial charge in [-0.25, -0.2) is 0 Å². The van der Waals surface area contributed by atoms with Gasteiger partial charge in [-0.2, -0.15) is 0 Å². The van der Waals surface area contributed by atoms with E-state index in [9.17, 15) is 4.79 Å². The number of hydrogen-bond donors (Lipinski definition) is 1. The predicted molar refractivity (Wildman–Crippen MR) is 99.6 cm³/mol. The van der Waals surface area contributed by atoms with E-state index in [0.717, 1.165) is 43.5 Å². The molecule has 1 N–H and O–H groups in total. The first-order valence-corrected chi connectivity index (χ1v) is 9.17. The number of carbonyl (C=O) groups is 1. The van der Waals surface area contributed by atoms with Gasteiger partial charge in [0.05, 0.1) is 6.10 Å². The van der Waals surface area contributed by atoms with Crippen molar-refractivity contribution in [3.05, 3.63) is 24.3 Å². The van der Waals surface area contributed by atoms with Crippen LogP contribution in [0.25, 0.3) is 0 Å². The van der Waals surface area contributed by atoms with Gasteiger partial charge in [0.25, 0.3) is 5.91 Å². The summed E-state index contributed by atoms with van der Waals surface area (Å²) >= 11 is 0. The van der Waals surface area contributed by atoms with Crippen molar-refractivity contribution < 1.29 is 14.3 Å². The van der Waals surface area contributed by atoms with Gasteiger partial charge >= 0.3 is 0 Å². The van der Waals surface area contributed by atoms with Crippen molar-refractivity contribution in [1.29, 1.82) is 0 Å². The average molecular weight is 335 g/mol. The Balaban J connectivity index is 2.71. The van der Waals surface area contributed by atoms with Crippen LogP contribution in [-0.2, 0) is 9.53 Å². The van der Waals surface area contributed by atoms with Crippen LogP contribution >= 0.6 is 0 Å². The minimum absolute atomic E-state index is 0.0833. The molecule has 24 heavy (non-hydrogen) atoms. The van der Waals surface area contributed by atoms with Crippen molar-refractivity contribution in [1.82, 2.24) is 0 Å². The molecule has 0 aliphatic carbocycles. The number of rotatable bonds is 11. The van der Waals surface area contributed by atoms with Gasteiger partial charge in [-0.3, -0.25) is 4.79 Å². The van der Waals surface area contributed by atoms with Crippen molar-refractivity contribution in [2.45, 2.75) is 78.4 Å². The molecule has 1 aromatic rings. The van der Waals surface area contributed by atoms with Crippen molar-refractivity contribution in [3.8, 4) is 5.75 Å².